The van der Waals surface area contributed by atoms with Gasteiger partial charge in [-0.1, -0.05) is 17.7 Å². The average molecular weight is 373 g/mol. The number of carbonyl (C=O) groups excluding carboxylic acids is 1. The summed E-state index contributed by atoms with van der Waals surface area (Å²) in [6, 6.07) is 5.98. The van der Waals surface area contributed by atoms with Gasteiger partial charge in [-0.2, -0.15) is 18.3 Å². The van der Waals surface area contributed by atoms with Gasteiger partial charge in [0.1, 0.15) is 11.5 Å². The summed E-state index contributed by atoms with van der Waals surface area (Å²) >= 11 is 5.61. The number of hydrogen-bond acceptors (Lipinski definition) is 4. The molecule has 0 unspecified atom stereocenters. The lowest BCUT2D eigenvalue weighted by Gasteiger charge is -2.11. The van der Waals surface area contributed by atoms with Crippen molar-refractivity contribution in [3.63, 3.8) is 0 Å². The van der Waals surface area contributed by atoms with E-state index in [1.54, 1.807) is 13.0 Å². The Labute approximate surface area is 145 Å². The number of nitrogens with one attached hydrogen (secondary N) is 1. The van der Waals surface area contributed by atoms with Gasteiger partial charge in [-0.25, -0.2) is 5.43 Å². The number of hydrazone groups is 1. The molecule has 0 heterocycles. The minimum absolute atomic E-state index is 0.0611. The SMILES string of the molecule is Cc1ccc(C(=O)N/N=C/c2cc(Cl)cc(C(F)(F)F)c2O)c(O)c1. The minimum Gasteiger partial charge on any atom is -0.507 e. The Morgan fingerprint density at radius 3 is 2.52 bits per heavy atom. The summed E-state index contributed by atoms with van der Waals surface area (Å²) in [5.41, 5.74) is 1.08. The van der Waals surface area contributed by atoms with Crippen LogP contribution in [0.15, 0.2) is 35.4 Å². The molecule has 0 aliphatic rings. The molecule has 25 heavy (non-hydrogen) atoms. The maximum atomic E-state index is 12.8. The fourth-order valence-electron chi connectivity index (χ4n) is 1.99. The monoisotopic (exact) mass is 372 g/mol. The van der Waals surface area contributed by atoms with Crippen molar-refractivity contribution in [2.45, 2.75) is 13.1 Å². The Morgan fingerprint density at radius 2 is 1.92 bits per heavy atom. The van der Waals surface area contributed by atoms with E-state index in [-0.39, 0.29) is 21.9 Å². The molecule has 0 saturated heterocycles. The number of halogens is 4. The fourth-order valence-corrected chi connectivity index (χ4v) is 2.22. The molecular formula is C16H12ClF3N2O3. The number of aryl methyl sites for hydroxylation is 1. The molecule has 3 N–H and O–H groups in total. The molecule has 2 rings (SSSR count). The molecule has 0 spiro atoms. The molecule has 132 valence electrons. The molecule has 0 aromatic heterocycles. The summed E-state index contributed by atoms with van der Waals surface area (Å²) in [6.07, 6.45) is -3.98. The van der Waals surface area contributed by atoms with E-state index in [1.165, 1.54) is 12.1 Å². The van der Waals surface area contributed by atoms with E-state index in [9.17, 15) is 28.2 Å². The lowest BCUT2D eigenvalue weighted by molar-refractivity contribution is -0.138. The van der Waals surface area contributed by atoms with Crippen LogP contribution >= 0.6 is 11.6 Å². The highest BCUT2D eigenvalue weighted by atomic mass is 35.5. The maximum Gasteiger partial charge on any atom is 0.420 e. The number of hydrogen-bond donors (Lipinski definition) is 3. The number of benzene rings is 2. The van der Waals surface area contributed by atoms with Crippen LogP contribution in [-0.4, -0.2) is 22.3 Å². The summed E-state index contributed by atoms with van der Waals surface area (Å²) in [6.45, 7) is 1.72. The normalized spacial score (nSPS) is 11.7. The van der Waals surface area contributed by atoms with E-state index in [0.29, 0.717) is 6.07 Å². The molecule has 2 aromatic rings. The van der Waals surface area contributed by atoms with E-state index >= 15 is 0 Å². The molecule has 0 atom stereocenters. The number of amides is 1. The standard InChI is InChI=1S/C16H12ClF3N2O3/c1-8-2-3-11(13(23)4-8)15(25)22-21-7-9-5-10(17)6-12(14(9)24)16(18,19)20/h2-7,23-24H,1H3,(H,22,25)/b21-7+. The third-order valence-corrected chi connectivity index (χ3v) is 3.40. The quantitative estimate of drug-likeness (QED) is 0.565. The van der Waals surface area contributed by atoms with Gasteiger partial charge in [0.25, 0.3) is 5.91 Å². The van der Waals surface area contributed by atoms with Crippen molar-refractivity contribution in [3.05, 3.63) is 57.6 Å². The Kier molecular flexibility index (Phi) is 5.22. The summed E-state index contributed by atoms with van der Waals surface area (Å²) in [5.74, 6) is -2.10. The fraction of sp³-hybridized carbons (Fsp3) is 0.125. The third-order valence-electron chi connectivity index (χ3n) is 3.18. The van der Waals surface area contributed by atoms with Gasteiger partial charge in [0.05, 0.1) is 17.3 Å². The van der Waals surface area contributed by atoms with Crippen molar-refractivity contribution in [3.8, 4) is 11.5 Å². The molecule has 0 bridgehead atoms. The van der Waals surface area contributed by atoms with Crippen LogP contribution in [0.4, 0.5) is 13.2 Å². The number of aromatic hydroxyl groups is 2. The molecule has 0 fully saturated rings. The van der Waals surface area contributed by atoms with Crippen molar-refractivity contribution in [1.29, 1.82) is 0 Å². The summed E-state index contributed by atoms with van der Waals surface area (Å²) < 4.78 is 38.4. The van der Waals surface area contributed by atoms with E-state index in [1.807, 2.05) is 5.43 Å². The Bertz CT molecular complexity index is 851. The third kappa shape index (κ3) is 4.42. The largest absolute Gasteiger partial charge is 0.507 e. The van der Waals surface area contributed by atoms with Gasteiger partial charge < -0.3 is 10.2 Å². The van der Waals surface area contributed by atoms with Crippen molar-refractivity contribution in [2.24, 2.45) is 5.10 Å². The first kappa shape index (κ1) is 18.6. The van der Waals surface area contributed by atoms with Gasteiger partial charge in [-0.15, -0.1) is 0 Å². The second-order valence-electron chi connectivity index (χ2n) is 5.11. The van der Waals surface area contributed by atoms with Gasteiger partial charge >= 0.3 is 6.18 Å². The van der Waals surface area contributed by atoms with Crippen LogP contribution in [0.2, 0.25) is 5.02 Å². The molecule has 0 saturated carbocycles. The molecule has 0 aliphatic heterocycles. The molecule has 0 radical (unpaired) electrons. The number of phenolic OH excluding ortho intramolecular Hbond substituents is 2. The van der Waals surface area contributed by atoms with E-state index < -0.39 is 23.4 Å². The molecule has 2 aromatic carbocycles. The predicted molar refractivity (Wildman–Crippen MR) is 86.0 cm³/mol. The number of nitrogens with zero attached hydrogens (tertiary/aromatic N) is 1. The average Bonchev–Trinajstić information content (AvgIpc) is 2.49. The second-order valence-corrected chi connectivity index (χ2v) is 5.55. The maximum absolute atomic E-state index is 12.8. The Hall–Kier alpha value is -2.74. The predicted octanol–water partition coefficient (Wildman–Crippen LogP) is 3.84. The van der Waals surface area contributed by atoms with Gasteiger partial charge in [0.15, 0.2) is 0 Å². The molecule has 1 amide bonds. The first-order chi connectivity index (χ1) is 11.6. The topological polar surface area (TPSA) is 81.9 Å². The molecule has 5 nitrogen and oxygen atoms in total. The lowest BCUT2D eigenvalue weighted by Crippen LogP contribution is -2.17. The zero-order chi connectivity index (χ0) is 18.8. The molecule has 9 heteroatoms. The van der Waals surface area contributed by atoms with E-state index in [0.717, 1.165) is 17.8 Å². The van der Waals surface area contributed by atoms with Gasteiger partial charge in [-0.3, -0.25) is 4.79 Å². The highest BCUT2D eigenvalue weighted by molar-refractivity contribution is 6.31. The zero-order valence-corrected chi connectivity index (χ0v) is 13.5. The summed E-state index contributed by atoms with van der Waals surface area (Å²) in [7, 11) is 0. The van der Waals surface area contributed by atoms with Crippen LogP contribution < -0.4 is 5.43 Å². The van der Waals surface area contributed by atoms with Gasteiger partial charge in [-0.05, 0) is 36.8 Å². The first-order valence-corrected chi connectivity index (χ1v) is 7.20. The van der Waals surface area contributed by atoms with Crippen LogP contribution in [0.5, 0.6) is 11.5 Å². The van der Waals surface area contributed by atoms with Gasteiger partial charge in [0, 0.05) is 10.6 Å². The molecule has 0 aliphatic carbocycles. The Morgan fingerprint density at radius 1 is 1.24 bits per heavy atom. The van der Waals surface area contributed by atoms with Crippen LogP contribution in [0, 0.1) is 6.92 Å². The summed E-state index contributed by atoms with van der Waals surface area (Å²) in [4.78, 5) is 11.9. The van der Waals surface area contributed by atoms with Crippen LogP contribution in [0.25, 0.3) is 0 Å². The number of phenols is 2. The molecular weight excluding hydrogens is 361 g/mol. The van der Waals surface area contributed by atoms with Crippen molar-refractivity contribution in [1.82, 2.24) is 5.43 Å². The van der Waals surface area contributed by atoms with E-state index in [4.69, 9.17) is 11.6 Å². The van der Waals surface area contributed by atoms with Crippen molar-refractivity contribution >= 4 is 23.7 Å². The van der Waals surface area contributed by atoms with Crippen molar-refractivity contribution < 1.29 is 28.2 Å². The second kappa shape index (κ2) is 7.02. The van der Waals surface area contributed by atoms with Crippen molar-refractivity contribution in [2.75, 3.05) is 0 Å². The van der Waals surface area contributed by atoms with Crippen LogP contribution in [-0.2, 0) is 6.18 Å². The van der Waals surface area contributed by atoms with E-state index in [2.05, 4.69) is 5.10 Å². The minimum atomic E-state index is -4.80. The number of carbonyl (C=O) groups is 1. The number of rotatable bonds is 3. The Balaban J connectivity index is 2.22. The number of alkyl halides is 3. The van der Waals surface area contributed by atoms with Crippen LogP contribution in [0.1, 0.15) is 27.0 Å². The first-order valence-electron chi connectivity index (χ1n) is 6.82. The van der Waals surface area contributed by atoms with Crippen LogP contribution in [0.3, 0.4) is 0 Å². The highest BCUT2D eigenvalue weighted by Crippen LogP contribution is 2.38. The van der Waals surface area contributed by atoms with Gasteiger partial charge in [0.2, 0.25) is 0 Å². The highest BCUT2D eigenvalue weighted by Gasteiger charge is 2.35. The lowest BCUT2D eigenvalue weighted by atomic mass is 10.1. The zero-order valence-electron chi connectivity index (χ0n) is 12.7. The smallest absolute Gasteiger partial charge is 0.420 e. The summed E-state index contributed by atoms with van der Waals surface area (Å²) in [5, 5.41) is 22.6.